The Morgan fingerprint density at radius 3 is 2.26 bits per heavy atom. The van der Waals surface area contributed by atoms with Crippen molar-refractivity contribution in [1.29, 1.82) is 0 Å². The number of hydrogen-bond donors (Lipinski definition) is 0. The average Bonchev–Trinajstić information content (AvgIpc) is 3.24. The second kappa shape index (κ2) is 9.40. The third-order valence-electron chi connectivity index (χ3n) is 5.83. The maximum Gasteiger partial charge on any atom is 0.289 e. The number of nitrogens with zero attached hydrogens (tertiary/aromatic N) is 2. The first-order valence-corrected chi connectivity index (χ1v) is 10.8. The fourth-order valence-electron chi connectivity index (χ4n) is 3.96. The minimum atomic E-state index is -0.0479. The molecule has 162 valence electrons. The average molecular weight is 419 g/mol. The van der Waals surface area contributed by atoms with Gasteiger partial charge < -0.3 is 14.1 Å². The Bertz CT molecular complexity index is 1010. The van der Waals surface area contributed by atoms with Crippen LogP contribution in [0.3, 0.4) is 0 Å². The lowest BCUT2D eigenvalue weighted by atomic mass is 10.1. The number of furan rings is 1. The van der Waals surface area contributed by atoms with Crippen molar-refractivity contribution in [3.05, 3.63) is 88.4 Å². The highest BCUT2D eigenvalue weighted by Gasteiger charge is 2.24. The van der Waals surface area contributed by atoms with Gasteiger partial charge >= 0.3 is 0 Å². The third-order valence-corrected chi connectivity index (χ3v) is 5.83. The minimum Gasteiger partial charge on any atom is -0.485 e. The van der Waals surface area contributed by atoms with Crippen LogP contribution in [0.2, 0.25) is 0 Å². The summed E-state index contributed by atoms with van der Waals surface area (Å²) in [7, 11) is 0. The highest BCUT2D eigenvalue weighted by atomic mass is 16.5. The normalized spacial score (nSPS) is 14.6. The van der Waals surface area contributed by atoms with Gasteiger partial charge in [0.05, 0.1) is 0 Å². The molecule has 2 aromatic carbocycles. The Labute approximate surface area is 184 Å². The second-order valence-electron chi connectivity index (χ2n) is 8.33. The van der Waals surface area contributed by atoms with Gasteiger partial charge in [-0.1, -0.05) is 48.0 Å². The van der Waals surface area contributed by atoms with Crippen molar-refractivity contribution in [3.63, 3.8) is 0 Å². The molecule has 5 nitrogen and oxygen atoms in total. The molecule has 31 heavy (non-hydrogen) atoms. The minimum absolute atomic E-state index is 0.0479. The molecule has 2 heterocycles. The Balaban J connectivity index is 1.29. The summed E-state index contributed by atoms with van der Waals surface area (Å²) in [6.45, 7) is 10.5. The molecule has 3 aromatic rings. The molecule has 0 aliphatic carbocycles. The Kier molecular flexibility index (Phi) is 6.42. The van der Waals surface area contributed by atoms with Crippen LogP contribution in [-0.2, 0) is 13.2 Å². The molecule has 0 spiro atoms. The van der Waals surface area contributed by atoms with E-state index in [1.165, 1.54) is 11.1 Å². The first-order valence-electron chi connectivity index (χ1n) is 10.8. The van der Waals surface area contributed by atoms with E-state index < -0.39 is 0 Å². The largest absolute Gasteiger partial charge is 0.485 e. The molecule has 0 N–H and O–H groups in total. The molecule has 0 saturated carbocycles. The molecule has 5 heteroatoms. The number of rotatable bonds is 6. The molecule has 0 unspecified atom stereocenters. The van der Waals surface area contributed by atoms with E-state index in [2.05, 4.69) is 36.1 Å². The number of piperazine rings is 1. The molecular formula is C26H30N2O3. The highest BCUT2D eigenvalue weighted by molar-refractivity contribution is 5.91. The van der Waals surface area contributed by atoms with Crippen LogP contribution in [0.5, 0.6) is 5.75 Å². The standard InChI is InChI=1S/C26H30N2O3/c1-19-7-9-22(10-8-19)17-27-13-15-28(16-14-27)26(29)24-12-11-23(31-24)18-30-25-20(2)5-4-6-21(25)3/h4-12H,13-18H2,1-3H3. The number of carbonyl (C=O) groups excluding carboxylic acids is 1. The molecule has 0 radical (unpaired) electrons. The van der Waals surface area contributed by atoms with E-state index in [1.54, 1.807) is 6.07 Å². The zero-order valence-electron chi connectivity index (χ0n) is 18.6. The monoisotopic (exact) mass is 418 g/mol. The maximum absolute atomic E-state index is 12.9. The van der Waals surface area contributed by atoms with Crippen LogP contribution in [0.4, 0.5) is 0 Å². The zero-order chi connectivity index (χ0) is 21.8. The summed E-state index contributed by atoms with van der Waals surface area (Å²) in [5.41, 5.74) is 4.76. The van der Waals surface area contributed by atoms with Crippen LogP contribution in [0, 0.1) is 20.8 Å². The predicted molar refractivity (Wildman–Crippen MR) is 121 cm³/mol. The molecular weight excluding hydrogens is 388 g/mol. The van der Waals surface area contributed by atoms with Gasteiger partial charge in [0, 0.05) is 32.7 Å². The lowest BCUT2D eigenvalue weighted by molar-refractivity contribution is 0.0594. The van der Waals surface area contributed by atoms with Gasteiger partial charge in [0.25, 0.3) is 5.91 Å². The van der Waals surface area contributed by atoms with Gasteiger partial charge in [-0.05, 0) is 49.6 Å². The number of aryl methyl sites for hydroxylation is 3. The molecule has 0 bridgehead atoms. The van der Waals surface area contributed by atoms with E-state index in [0.717, 1.165) is 36.5 Å². The summed E-state index contributed by atoms with van der Waals surface area (Å²) >= 11 is 0. The van der Waals surface area contributed by atoms with Crippen molar-refractivity contribution in [2.75, 3.05) is 26.2 Å². The summed E-state index contributed by atoms with van der Waals surface area (Å²) < 4.78 is 11.7. The molecule has 1 aliphatic heterocycles. The Morgan fingerprint density at radius 2 is 1.58 bits per heavy atom. The SMILES string of the molecule is Cc1ccc(CN2CCN(C(=O)c3ccc(COc4c(C)cccc4C)o3)CC2)cc1. The van der Waals surface area contributed by atoms with E-state index in [4.69, 9.17) is 9.15 Å². The number of benzene rings is 2. The van der Waals surface area contributed by atoms with E-state index in [0.29, 0.717) is 31.2 Å². The van der Waals surface area contributed by atoms with E-state index in [-0.39, 0.29) is 5.91 Å². The van der Waals surface area contributed by atoms with Gasteiger partial charge in [0.1, 0.15) is 18.1 Å². The topological polar surface area (TPSA) is 45.9 Å². The fraction of sp³-hybridized carbons (Fsp3) is 0.346. The van der Waals surface area contributed by atoms with Crippen molar-refractivity contribution in [2.45, 2.75) is 33.9 Å². The van der Waals surface area contributed by atoms with Crippen molar-refractivity contribution in [1.82, 2.24) is 9.80 Å². The lowest BCUT2D eigenvalue weighted by Crippen LogP contribution is -2.48. The number of carbonyl (C=O) groups is 1. The molecule has 1 fully saturated rings. The molecule has 1 aliphatic rings. The summed E-state index contributed by atoms with van der Waals surface area (Å²) in [5.74, 6) is 1.86. The smallest absolute Gasteiger partial charge is 0.289 e. The zero-order valence-corrected chi connectivity index (χ0v) is 18.6. The summed E-state index contributed by atoms with van der Waals surface area (Å²) in [4.78, 5) is 17.1. The number of ether oxygens (including phenoxy) is 1. The molecule has 0 atom stereocenters. The molecule has 1 saturated heterocycles. The van der Waals surface area contributed by atoms with E-state index >= 15 is 0 Å². The summed E-state index contributed by atoms with van der Waals surface area (Å²) in [5, 5.41) is 0. The number of amides is 1. The van der Waals surface area contributed by atoms with Gasteiger partial charge in [-0.2, -0.15) is 0 Å². The lowest BCUT2D eigenvalue weighted by Gasteiger charge is -2.34. The summed E-state index contributed by atoms with van der Waals surface area (Å²) in [6, 6.07) is 18.3. The first-order chi connectivity index (χ1) is 15.0. The Hall–Kier alpha value is -3.05. The number of para-hydroxylation sites is 1. The van der Waals surface area contributed by atoms with Gasteiger partial charge in [0.2, 0.25) is 0 Å². The first kappa shape index (κ1) is 21.2. The predicted octanol–water partition coefficient (Wildman–Crippen LogP) is 4.74. The van der Waals surface area contributed by atoms with Crippen molar-refractivity contribution in [3.8, 4) is 5.75 Å². The second-order valence-corrected chi connectivity index (χ2v) is 8.33. The fourth-order valence-corrected chi connectivity index (χ4v) is 3.96. The quantitative estimate of drug-likeness (QED) is 0.580. The van der Waals surface area contributed by atoms with Crippen LogP contribution in [0.25, 0.3) is 0 Å². The molecule has 1 amide bonds. The van der Waals surface area contributed by atoms with Crippen LogP contribution >= 0.6 is 0 Å². The van der Waals surface area contributed by atoms with Crippen LogP contribution in [-0.4, -0.2) is 41.9 Å². The van der Waals surface area contributed by atoms with Gasteiger partial charge in [-0.15, -0.1) is 0 Å². The van der Waals surface area contributed by atoms with Crippen LogP contribution in [0.15, 0.2) is 59.0 Å². The van der Waals surface area contributed by atoms with Crippen LogP contribution < -0.4 is 4.74 Å². The van der Waals surface area contributed by atoms with Crippen molar-refractivity contribution in [2.24, 2.45) is 0 Å². The van der Waals surface area contributed by atoms with Gasteiger partial charge in [-0.3, -0.25) is 9.69 Å². The van der Waals surface area contributed by atoms with Crippen LogP contribution in [0.1, 0.15) is 38.6 Å². The Morgan fingerprint density at radius 1 is 0.903 bits per heavy atom. The highest BCUT2D eigenvalue weighted by Crippen LogP contribution is 2.24. The van der Waals surface area contributed by atoms with Gasteiger partial charge in [0.15, 0.2) is 5.76 Å². The van der Waals surface area contributed by atoms with E-state index in [1.807, 2.05) is 43.0 Å². The molecule has 1 aromatic heterocycles. The van der Waals surface area contributed by atoms with Crippen molar-refractivity contribution < 1.29 is 13.9 Å². The number of hydrogen-bond acceptors (Lipinski definition) is 4. The van der Waals surface area contributed by atoms with E-state index in [9.17, 15) is 4.79 Å². The summed E-state index contributed by atoms with van der Waals surface area (Å²) in [6.07, 6.45) is 0. The van der Waals surface area contributed by atoms with Gasteiger partial charge in [-0.25, -0.2) is 0 Å². The van der Waals surface area contributed by atoms with Crippen molar-refractivity contribution >= 4 is 5.91 Å². The maximum atomic E-state index is 12.9. The molecule has 4 rings (SSSR count). The third kappa shape index (κ3) is 5.17.